The SMILES string of the molecule is COc1cccc2sc(N(Cc3ccco3)C(=O)C3CCN(S(=O)(=O)c4ccccc4F)CC3)nc12. The van der Waals surface area contributed by atoms with Crippen LogP contribution in [0.2, 0.25) is 0 Å². The number of sulfonamides is 1. The molecule has 188 valence electrons. The molecule has 1 amide bonds. The summed E-state index contributed by atoms with van der Waals surface area (Å²) in [7, 11) is -2.41. The maximum atomic E-state index is 14.2. The average Bonchev–Trinajstić information content (AvgIpc) is 3.57. The smallest absolute Gasteiger partial charge is 0.245 e. The Hall–Kier alpha value is -3.28. The number of halogens is 1. The van der Waals surface area contributed by atoms with Crippen molar-refractivity contribution in [2.75, 3.05) is 25.1 Å². The summed E-state index contributed by atoms with van der Waals surface area (Å²) in [6.07, 6.45) is 2.18. The van der Waals surface area contributed by atoms with Gasteiger partial charge in [0.05, 0.1) is 24.6 Å². The molecule has 1 fully saturated rings. The van der Waals surface area contributed by atoms with Gasteiger partial charge in [0.2, 0.25) is 15.9 Å². The number of hydrogen-bond donors (Lipinski definition) is 0. The van der Waals surface area contributed by atoms with Gasteiger partial charge in [-0.15, -0.1) is 0 Å². The van der Waals surface area contributed by atoms with Crippen molar-refractivity contribution in [3.05, 3.63) is 72.4 Å². The Balaban J connectivity index is 1.38. The topological polar surface area (TPSA) is 93.0 Å². The number of rotatable bonds is 7. The van der Waals surface area contributed by atoms with Crippen molar-refractivity contribution in [2.24, 2.45) is 5.92 Å². The number of anilines is 1. The zero-order chi connectivity index (χ0) is 25.3. The molecule has 0 radical (unpaired) electrons. The van der Waals surface area contributed by atoms with Gasteiger partial charge < -0.3 is 9.15 Å². The number of carbonyl (C=O) groups is 1. The first-order chi connectivity index (χ1) is 17.4. The first-order valence-corrected chi connectivity index (χ1v) is 13.7. The van der Waals surface area contributed by atoms with Gasteiger partial charge in [0, 0.05) is 19.0 Å². The number of aromatic nitrogens is 1. The molecule has 1 aliphatic rings. The largest absolute Gasteiger partial charge is 0.494 e. The lowest BCUT2D eigenvalue weighted by atomic mass is 9.96. The van der Waals surface area contributed by atoms with Gasteiger partial charge >= 0.3 is 0 Å². The molecule has 0 aliphatic carbocycles. The zero-order valence-electron chi connectivity index (χ0n) is 19.5. The second-order valence-corrected chi connectivity index (χ2v) is 11.3. The zero-order valence-corrected chi connectivity index (χ0v) is 21.1. The van der Waals surface area contributed by atoms with Gasteiger partial charge in [-0.2, -0.15) is 4.31 Å². The van der Waals surface area contributed by atoms with Crippen LogP contribution in [0.3, 0.4) is 0 Å². The molecule has 1 aliphatic heterocycles. The number of amides is 1. The molecule has 2 aromatic heterocycles. The predicted octanol–water partition coefficient (Wildman–Crippen LogP) is 4.67. The van der Waals surface area contributed by atoms with Crippen molar-refractivity contribution in [1.82, 2.24) is 9.29 Å². The molecular formula is C25H24FN3O5S2. The van der Waals surface area contributed by atoms with E-state index in [-0.39, 0.29) is 30.4 Å². The fraction of sp³-hybridized carbons (Fsp3) is 0.280. The molecule has 0 N–H and O–H groups in total. The van der Waals surface area contributed by atoms with Crippen LogP contribution < -0.4 is 9.64 Å². The fourth-order valence-corrected chi connectivity index (χ4v) is 6.87. The minimum Gasteiger partial charge on any atom is -0.494 e. The lowest BCUT2D eigenvalue weighted by Gasteiger charge is -2.32. The number of thiazole rings is 1. The van der Waals surface area contributed by atoms with E-state index in [0.717, 1.165) is 10.8 Å². The summed E-state index contributed by atoms with van der Waals surface area (Å²) in [5, 5.41) is 0.511. The molecule has 0 bridgehead atoms. The molecule has 0 atom stereocenters. The maximum Gasteiger partial charge on any atom is 0.245 e. The quantitative estimate of drug-likeness (QED) is 0.345. The van der Waals surface area contributed by atoms with Crippen LogP contribution in [0.4, 0.5) is 9.52 Å². The van der Waals surface area contributed by atoms with E-state index in [1.54, 1.807) is 30.4 Å². The van der Waals surface area contributed by atoms with Gasteiger partial charge in [-0.1, -0.05) is 29.5 Å². The maximum absolute atomic E-state index is 14.2. The highest BCUT2D eigenvalue weighted by molar-refractivity contribution is 7.89. The van der Waals surface area contributed by atoms with E-state index in [2.05, 4.69) is 0 Å². The van der Waals surface area contributed by atoms with Gasteiger partial charge in [-0.25, -0.2) is 17.8 Å². The highest BCUT2D eigenvalue weighted by Gasteiger charge is 2.36. The van der Waals surface area contributed by atoms with Crippen LogP contribution >= 0.6 is 11.3 Å². The van der Waals surface area contributed by atoms with Crippen LogP contribution in [-0.2, 0) is 21.4 Å². The molecular weight excluding hydrogens is 505 g/mol. The number of benzene rings is 2. The monoisotopic (exact) mass is 529 g/mol. The third-order valence-corrected chi connectivity index (χ3v) is 9.21. The first kappa shape index (κ1) is 24.4. The molecule has 8 nitrogen and oxygen atoms in total. The summed E-state index contributed by atoms with van der Waals surface area (Å²) >= 11 is 1.38. The van der Waals surface area contributed by atoms with E-state index in [9.17, 15) is 17.6 Å². The molecule has 0 spiro atoms. The highest BCUT2D eigenvalue weighted by Crippen LogP contribution is 2.36. The van der Waals surface area contributed by atoms with E-state index < -0.39 is 21.8 Å². The summed E-state index contributed by atoms with van der Waals surface area (Å²) in [5.74, 6) is -0.138. The van der Waals surface area contributed by atoms with Gasteiger partial charge in [0.15, 0.2) is 5.13 Å². The number of hydrogen-bond acceptors (Lipinski definition) is 7. The van der Waals surface area contributed by atoms with E-state index in [4.69, 9.17) is 14.1 Å². The van der Waals surface area contributed by atoms with E-state index in [0.29, 0.717) is 35.0 Å². The van der Waals surface area contributed by atoms with Crippen molar-refractivity contribution < 1.29 is 26.8 Å². The van der Waals surface area contributed by atoms with Crippen LogP contribution in [-0.4, -0.2) is 43.8 Å². The molecule has 4 aromatic rings. The highest BCUT2D eigenvalue weighted by atomic mass is 32.2. The summed E-state index contributed by atoms with van der Waals surface area (Å²) in [6, 6.07) is 14.5. The number of ether oxygens (including phenoxy) is 1. The molecule has 0 saturated carbocycles. The van der Waals surface area contributed by atoms with Crippen molar-refractivity contribution in [1.29, 1.82) is 0 Å². The number of para-hydroxylation sites is 1. The average molecular weight is 530 g/mol. The van der Waals surface area contributed by atoms with Gasteiger partial charge in [0.1, 0.15) is 27.7 Å². The van der Waals surface area contributed by atoms with Crippen molar-refractivity contribution in [3.63, 3.8) is 0 Å². The molecule has 0 unspecified atom stereocenters. The molecule has 3 heterocycles. The Morgan fingerprint density at radius 2 is 1.94 bits per heavy atom. The number of fused-ring (bicyclic) bond motifs is 1. The summed E-state index contributed by atoms with van der Waals surface area (Å²) in [6.45, 7) is 0.437. The summed E-state index contributed by atoms with van der Waals surface area (Å²) in [4.78, 5) is 19.7. The third kappa shape index (κ3) is 4.61. The first-order valence-electron chi connectivity index (χ1n) is 11.4. The molecule has 11 heteroatoms. The minimum absolute atomic E-state index is 0.120. The van der Waals surface area contributed by atoms with Crippen molar-refractivity contribution >= 4 is 42.6 Å². The van der Waals surface area contributed by atoms with Crippen molar-refractivity contribution in [3.8, 4) is 5.75 Å². The van der Waals surface area contributed by atoms with Gasteiger partial charge in [-0.05, 0) is 49.2 Å². The van der Waals surface area contributed by atoms with Crippen LogP contribution in [0.25, 0.3) is 10.2 Å². The van der Waals surface area contributed by atoms with Crippen LogP contribution in [0.15, 0.2) is 70.2 Å². The Morgan fingerprint density at radius 3 is 2.64 bits per heavy atom. The summed E-state index contributed by atoms with van der Waals surface area (Å²) in [5.41, 5.74) is 0.669. The minimum atomic E-state index is -3.99. The van der Waals surface area contributed by atoms with Crippen LogP contribution in [0.1, 0.15) is 18.6 Å². The van der Waals surface area contributed by atoms with Crippen LogP contribution in [0, 0.1) is 11.7 Å². The normalized spacial score (nSPS) is 15.3. The number of nitrogens with zero attached hydrogens (tertiary/aromatic N) is 3. The van der Waals surface area contributed by atoms with E-state index in [1.807, 2.05) is 18.2 Å². The lowest BCUT2D eigenvalue weighted by molar-refractivity contribution is -0.123. The third-order valence-electron chi connectivity index (χ3n) is 6.24. The van der Waals surface area contributed by atoms with E-state index in [1.165, 1.54) is 33.8 Å². The Morgan fingerprint density at radius 1 is 1.17 bits per heavy atom. The van der Waals surface area contributed by atoms with Crippen LogP contribution in [0.5, 0.6) is 5.75 Å². The van der Waals surface area contributed by atoms with E-state index >= 15 is 0 Å². The number of piperidine rings is 1. The second kappa shape index (κ2) is 10.00. The fourth-order valence-electron chi connectivity index (χ4n) is 4.35. The second-order valence-electron chi connectivity index (χ2n) is 8.42. The standard InChI is InChI=1S/C25H24FN3O5S2/c1-33-20-8-4-9-21-23(20)27-25(35-21)29(16-18-6-5-15-34-18)24(30)17-11-13-28(14-12-17)36(31,32)22-10-3-2-7-19(22)26/h2-10,15,17H,11-14,16H2,1H3. The number of methoxy groups -OCH3 is 1. The van der Waals surface area contributed by atoms with Gasteiger partial charge in [0.25, 0.3) is 0 Å². The summed E-state index contributed by atoms with van der Waals surface area (Å²) < 4.78 is 53.2. The Bertz CT molecular complexity index is 1480. The lowest BCUT2D eigenvalue weighted by Crippen LogP contribution is -2.44. The Kier molecular flexibility index (Phi) is 6.78. The van der Waals surface area contributed by atoms with Crippen molar-refractivity contribution in [2.45, 2.75) is 24.3 Å². The Labute approximate surface area is 212 Å². The number of carbonyl (C=O) groups excluding carboxylic acids is 1. The molecule has 1 saturated heterocycles. The predicted molar refractivity (Wildman–Crippen MR) is 134 cm³/mol. The molecule has 2 aromatic carbocycles. The molecule has 36 heavy (non-hydrogen) atoms. The number of furan rings is 1. The van der Waals surface area contributed by atoms with Gasteiger partial charge in [-0.3, -0.25) is 9.69 Å². The molecule has 5 rings (SSSR count).